The number of nitrogens with zero attached hydrogens (tertiary/aromatic N) is 1. The molecule has 0 radical (unpaired) electrons. The molecule has 0 aliphatic carbocycles. The molecule has 108 valence electrons. The second-order valence-electron chi connectivity index (χ2n) is 3.97. The van der Waals surface area contributed by atoms with Gasteiger partial charge in [-0.1, -0.05) is 12.1 Å². The Morgan fingerprint density at radius 1 is 1.40 bits per heavy atom. The summed E-state index contributed by atoms with van der Waals surface area (Å²) in [5.74, 6) is 0.178. The van der Waals surface area contributed by atoms with Gasteiger partial charge in [0.15, 0.2) is 0 Å². The molecule has 0 bridgehead atoms. The molecule has 20 heavy (non-hydrogen) atoms. The van der Waals surface area contributed by atoms with Crippen molar-refractivity contribution in [2.75, 3.05) is 13.7 Å². The molecule has 1 aromatic carbocycles. The van der Waals surface area contributed by atoms with Crippen LogP contribution in [0.25, 0.3) is 6.08 Å². The molecule has 0 spiro atoms. The summed E-state index contributed by atoms with van der Waals surface area (Å²) in [6.07, 6.45) is 1.45. The van der Waals surface area contributed by atoms with Crippen LogP contribution < -0.4 is 4.74 Å². The highest BCUT2D eigenvalue weighted by Crippen LogP contribution is 2.17. The highest BCUT2D eigenvalue weighted by molar-refractivity contribution is 5.70. The Bertz CT molecular complexity index is 510. The lowest BCUT2D eigenvalue weighted by Crippen LogP contribution is -2.07. The molecule has 0 saturated carbocycles. The highest BCUT2D eigenvalue weighted by Gasteiger charge is 2.14. The van der Waals surface area contributed by atoms with Crippen LogP contribution in [0.15, 0.2) is 30.0 Å². The molecule has 6 heteroatoms. The van der Waals surface area contributed by atoms with Crippen LogP contribution in [0.4, 0.5) is 0 Å². The Labute approximate surface area is 117 Å². The maximum atomic E-state index is 11.2. The number of carbonyl (C=O) groups excluding carboxylic acids is 1. The fourth-order valence-corrected chi connectivity index (χ4v) is 1.60. The van der Waals surface area contributed by atoms with Crippen molar-refractivity contribution in [3.8, 4) is 5.75 Å². The predicted octanol–water partition coefficient (Wildman–Crippen LogP) is 2.66. The third-order valence-electron chi connectivity index (χ3n) is 2.55. The molecule has 1 rings (SSSR count). The van der Waals surface area contributed by atoms with Crippen molar-refractivity contribution in [1.29, 1.82) is 0 Å². The molecule has 0 amide bonds. The maximum Gasteiger partial charge on any atom is 0.306 e. The van der Waals surface area contributed by atoms with Crippen molar-refractivity contribution in [3.63, 3.8) is 0 Å². The second kappa shape index (κ2) is 7.93. The van der Waals surface area contributed by atoms with E-state index in [0.29, 0.717) is 11.3 Å². The predicted molar refractivity (Wildman–Crippen MR) is 73.8 cm³/mol. The van der Waals surface area contributed by atoms with Crippen molar-refractivity contribution >= 4 is 12.0 Å². The highest BCUT2D eigenvalue weighted by atomic mass is 16.6. The van der Waals surface area contributed by atoms with Gasteiger partial charge >= 0.3 is 5.97 Å². The zero-order valence-corrected chi connectivity index (χ0v) is 11.5. The van der Waals surface area contributed by atoms with Gasteiger partial charge < -0.3 is 9.47 Å². The number of benzene rings is 1. The van der Waals surface area contributed by atoms with E-state index in [4.69, 9.17) is 9.47 Å². The summed E-state index contributed by atoms with van der Waals surface area (Å²) in [5, 5.41) is 11.0. The lowest BCUT2D eigenvalue weighted by molar-refractivity contribution is -0.426. The molecule has 0 atom stereocenters. The molecule has 6 nitrogen and oxygen atoms in total. The molecule has 0 aliphatic rings. The summed E-state index contributed by atoms with van der Waals surface area (Å²) in [5.41, 5.74) is 0.617. The minimum Gasteiger partial charge on any atom is -0.497 e. The van der Waals surface area contributed by atoms with Gasteiger partial charge in [-0.25, -0.2) is 0 Å². The van der Waals surface area contributed by atoms with E-state index in [2.05, 4.69) is 0 Å². The first kappa shape index (κ1) is 15.7. The van der Waals surface area contributed by atoms with Crippen LogP contribution in [-0.2, 0) is 9.53 Å². The normalized spacial score (nSPS) is 11.0. The van der Waals surface area contributed by atoms with Gasteiger partial charge in [0, 0.05) is 12.5 Å². The van der Waals surface area contributed by atoms with Crippen LogP contribution in [0.3, 0.4) is 0 Å². The number of allylic oxidation sites excluding steroid dienone is 1. The number of rotatable bonds is 7. The third kappa shape index (κ3) is 5.09. The summed E-state index contributed by atoms with van der Waals surface area (Å²) in [6, 6.07) is 6.92. The number of carbonyl (C=O) groups is 1. The summed E-state index contributed by atoms with van der Waals surface area (Å²) < 4.78 is 9.80. The number of ether oxygens (including phenoxy) is 2. The summed E-state index contributed by atoms with van der Waals surface area (Å²) in [4.78, 5) is 21.7. The van der Waals surface area contributed by atoms with Crippen molar-refractivity contribution in [2.24, 2.45) is 0 Å². The van der Waals surface area contributed by atoms with Crippen LogP contribution in [0.5, 0.6) is 5.75 Å². The zero-order chi connectivity index (χ0) is 15.0. The average Bonchev–Trinajstić information content (AvgIpc) is 2.43. The lowest BCUT2D eigenvalue weighted by atomic mass is 10.1. The number of esters is 1. The fraction of sp³-hybridized carbons (Fsp3) is 0.357. The Hall–Kier alpha value is -2.37. The van der Waals surface area contributed by atoms with Crippen LogP contribution in [0, 0.1) is 10.1 Å². The van der Waals surface area contributed by atoms with Crippen molar-refractivity contribution in [1.82, 2.24) is 0 Å². The molecule has 0 aliphatic heterocycles. The zero-order valence-electron chi connectivity index (χ0n) is 11.5. The Balaban J connectivity index is 2.81. The van der Waals surface area contributed by atoms with Gasteiger partial charge in [-0.15, -0.1) is 0 Å². The quantitative estimate of drug-likeness (QED) is 0.435. The third-order valence-corrected chi connectivity index (χ3v) is 2.55. The molecular weight excluding hydrogens is 262 g/mol. The smallest absolute Gasteiger partial charge is 0.306 e. The van der Waals surface area contributed by atoms with Crippen LogP contribution in [0.2, 0.25) is 0 Å². The van der Waals surface area contributed by atoms with Gasteiger partial charge in [-0.2, -0.15) is 0 Å². The van der Waals surface area contributed by atoms with Gasteiger partial charge in [0.2, 0.25) is 5.70 Å². The number of hydrogen-bond donors (Lipinski definition) is 0. The fourth-order valence-electron chi connectivity index (χ4n) is 1.60. The Kier molecular flexibility index (Phi) is 6.22. The minimum atomic E-state index is -0.487. The van der Waals surface area contributed by atoms with Gasteiger partial charge in [-0.3, -0.25) is 14.9 Å². The van der Waals surface area contributed by atoms with Gasteiger partial charge in [0.1, 0.15) is 5.75 Å². The average molecular weight is 279 g/mol. The van der Waals surface area contributed by atoms with Crippen LogP contribution in [0.1, 0.15) is 25.3 Å². The van der Waals surface area contributed by atoms with E-state index < -0.39 is 10.9 Å². The number of nitro groups is 1. The van der Waals surface area contributed by atoms with E-state index in [1.54, 1.807) is 31.2 Å². The number of hydrogen-bond acceptors (Lipinski definition) is 5. The first-order chi connectivity index (χ1) is 9.56. The second-order valence-corrected chi connectivity index (χ2v) is 3.97. The summed E-state index contributed by atoms with van der Waals surface area (Å²) in [6.45, 7) is 1.96. The summed E-state index contributed by atoms with van der Waals surface area (Å²) in [7, 11) is 1.53. The van der Waals surface area contributed by atoms with Gasteiger partial charge in [0.05, 0.1) is 25.1 Å². The first-order valence-corrected chi connectivity index (χ1v) is 6.21. The van der Waals surface area contributed by atoms with Crippen molar-refractivity contribution < 1.29 is 19.2 Å². The standard InChI is InChI=1S/C14H17NO5/c1-3-20-14(16)8-7-12(15(17)18)9-11-5-4-6-13(10-11)19-2/h4-6,9-10H,3,7-8H2,1-2H3/b12-9+. The molecule has 0 unspecified atom stereocenters. The largest absolute Gasteiger partial charge is 0.497 e. The van der Waals surface area contributed by atoms with E-state index in [0.717, 1.165) is 0 Å². The van der Waals surface area contributed by atoms with E-state index in [1.165, 1.54) is 13.2 Å². The molecule has 0 fully saturated rings. The Morgan fingerprint density at radius 3 is 2.75 bits per heavy atom. The SMILES string of the molecule is CCOC(=O)CC/C(=C\c1cccc(OC)c1)[N+](=O)[O-]. The minimum absolute atomic E-state index is 0.00930. The monoisotopic (exact) mass is 279 g/mol. The molecule has 0 saturated heterocycles. The van der Waals surface area contributed by atoms with E-state index in [-0.39, 0.29) is 25.1 Å². The molecule has 1 aromatic rings. The molecular formula is C14H17NO5. The van der Waals surface area contributed by atoms with Crippen molar-refractivity contribution in [2.45, 2.75) is 19.8 Å². The molecule has 0 N–H and O–H groups in total. The van der Waals surface area contributed by atoms with E-state index in [1.807, 2.05) is 0 Å². The Morgan fingerprint density at radius 2 is 2.15 bits per heavy atom. The molecule has 0 aromatic heterocycles. The summed E-state index contributed by atoms with van der Waals surface area (Å²) >= 11 is 0. The van der Waals surface area contributed by atoms with Crippen LogP contribution >= 0.6 is 0 Å². The van der Waals surface area contributed by atoms with E-state index >= 15 is 0 Å². The van der Waals surface area contributed by atoms with Crippen LogP contribution in [-0.4, -0.2) is 24.6 Å². The van der Waals surface area contributed by atoms with Gasteiger partial charge in [0.25, 0.3) is 0 Å². The van der Waals surface area contributed by atoms with Crippen molar-refractivity contribution in [3.05, 3.63) is 45.6 Å². The maximum absolute atomic E-state index is 11.2. The number of methoxy groups -OCH3 is 1. The van der Waals surface area contributed by atoms with E-state index in [9.17, 15) is 14.9 Å². The lowest BCUT2D eigenvalue weighted by Gasteiger charge is -2.02. The van der Waals surface area contributed by atoms with Gasteiger partial charge in [-0.05, 0) is 24.6 Å². The molecule has 0 heterocycles. The topological polar surface area (TPSA) is 78.7 Å². The first-order valence-electron chi connectivity index (χ1n) is 6.21.